The van der Waals surface area contributed by atoms with E-state index in [9.17, 15) is 9.59 Å². The number of carbonyl (C=O) groups excluding carboxylic acids is 1. The number of amides is 1. The first-order chi connectivity index (χ1) is 9.24. The molecule has 0 bridgehead atoms. The van der Waals surface area contributed by atoms with Crippen LogP contribution in [0.15, 0.2) is 35.1 Å². The van der Waals surface area contributed by atoms with Gasteiger partial charge in [-0.15, -0.1) is 12.4 Å². The molecule has 1 aromatic heterocycles. The minimum Gasteiger partial charge on any atom is -0.348 e. The lowest BCUT2D eigenvalue weighted by Crippen LogP contribution is -2.38. The number of carbonyl (C=O) groups is 1. The number of benzene rings is 1. The summed E-state index contributed by atoms with van der Waals surface area (Å²) in [4.78, 5) is 26.8. The van der Waals surface area contributed by atoms with Crippen LogP contribution < -0.4 is 16.2 Å². The van der Waals surface area contributed by atoms with Crippen LogP contribution >= 0.6 is 12.4 Å². The maximum absolute atomic E-state index is 12.1. The summed E-state index contributed by atoms with van der Waals surface area (Å²) in [7, 11) is 0. The number of H-pyrrole nitrogens is 1. The third-order valence-corrected chi connectivity index (χ3v) is 3.39. The van der Waals surface area contributed by atoms with Crippen molar-refractivity contribution in [1.82, 2.24) is 15.6 Å². The summed E-state index contributed by atoms with van der Waals surface area (Å²) < 4.78 is 0. The highest BCUT2D eigenvalue weighted by molar-refractivity contribution is 5.97. The van der Waals surface area contributed by atoms with Crippen LogP contribution in [0.3, 0.4) is 0 Å². The van der Waals surface area contributed by atoms with Crippen molar-refractivity contribution in [1.29, 1.82) is 0 Å². The number of halogens is 1. The van der Waals surface area contributed by atoms with Gasteiger partial charge in [-0.2, -0.15) is 0 Å². The molecular formula is C14H16ClN3O2. The Morgan fingerprint density at radius 3 is 2.85 bits per heavy atom. The van der Waals surface area contributed by atoms with Crippen molar-refractivity contribution in [2.45, 2.75) is 12.5 Å². The topological polar surface area (TPSA) is 74.0 Å². The molecule has 0 spiro atoms. The smallest absolute Gasteiger partial charge is 0.261 e. The lowest BCUT2D eigenvalue weighted by Gasteiger charge is -2.11. The molecule has 1 aromatic carbocycles. The van der Waals surface area contributed by atoms with Gasteiger partial charge < -0.3 is 15.6 Å². The third-order valence-electron chi connectivity index (χ3n) is 3.39. The van der Waals surface area contributed by atoms with Gasteiger partial charge in [0.05, 0.1) is 0 Å². The van der Waals surface area contributed by atoms with Crippen LogP contribution in [0.2, 0.25) is 0 Å². The molecule has 20 heavy (non-hydrogen) atoms. The zero-order valence-electron chi connectivity index (χ0n) is 10.8. The van der Waals surface area contributed by atoms with E-state index in [2.05, 4.69) is 15.6 Å². The largest absolute Gasteiger partial charge is 0.348 e. The number of pyridine rings is 1. The molecule has 1 saturated heterocycles. The van der Waals surface area contributed by atoms with Gasteiger partial charge in [0, 0.05) is 18.1 Å². The van der Waals surface area contributed by atoms with Gasteiger partial charge in [-0.05, 0) is 30.5 Å². The van der Waals surface area contributed by atoms with Crippen molar-refractivity contribution in [3.8, 4) is 0 Å². The zero-order valence-corrected chi connectivity index (χ0v) is 11.6. The molecule has 3 rings (SSSR count). The van der Waals surface area contributed by atoms with Gasteiger partial charge in [-0.1, -0.05) is 18.2 Å². The van der Waals surface area contributed by atoms with Gasteiger partial charge in [-0.25, -0.2) is 0 Å². The quantitative estimate of drug-likeness (QED) is 0.774. The van der Waals surface area contributed by atoms with Gasteiger partial charge in [-0.3, -0.25) is 9.59 Å². The maximum Gasteiger partial charge on any atom is 0.261 e. The van der Waals surface area contributed by atoms with E-state index in [1.54, 1.807) is 6.07 Å². The van der Waals surface area contributed by atoms with E-state index >= 15 is 0 Å². The molecule has 0 aliphatic carbocycles. The van der Waals surface area contributed by atoms with Crippen molar-refractivity contribution < 1.29 is 4.79 Å². The van der Waals surface area contributed by atoms with Gasteiger partial charge >= 0.3 is 0 Å². The number of hydrogen-bond donors (Lipinski definition) is 3. The Morgan fingerprint density at radius 1 is 1.30 bits per heavy atom. The molecule has 3 N–H and O–H groups in total. The summed E-state index contributed by atoms with van der Waals surface area (Å²) >= 11 is 0. The molecule has 1 aliphatic heterocycles. The highest BCUT2D eigenvalue weighted by Gasteiger charge is 2.19. The van der Waals surface area contributed by atoms with Crippen molar-refractivity contribution in [3.05, 3.63) is 46.2 Å². The fourth-order valence-electron chi connectivity index (χ4n) is 2.36. The van der Waals surface area contributed by atoms with Crippen LogP contribution in [-0.2, 0) is 0 Å². The first-order valence-electron chi connectivity index (χ1n) is 6.38. The summed E-state index contributed by atoms with van der Waals surface area (Å²) in [5, 5.41) is 6.91. The van der Waals surface area contributed by atoms with E-state index in [1.807, 2.05) is 24.3 Å². The highest BCUT2D eigenvalue weighted by atomic mass is 35.5. The van der Waals surface area contributed by atoms with Gasteiger partial charge in [0.1, 0.15) is 5.56 Å². The molecular weight excluding hydrogens is 278 g/mol. The fraction of sp³-hybridized carbons (Fsp3) is 0.286. The second kappa shape index (κ2) is 6.07. The van der Waals surface area contributed by atoms with Crippen molar-refractivity contribution in [2.24, 2.45) is 0 Å². The summed E-state index contributed by atoms with van der Waals surface area (Å²) in [6.45, 7) is 1.66. The average molecular weight is 294 g/mol. The number of para-hydroxylation sites is 1. The van der Waals surface area contributed by atoms with Crippen LogP contribution in [0.25, 0.3) is 10.9 Å². The Labute approximate surface area is 122 Å². The van der Waals surface area contributed by atoms with E-state index in [4.69, 9.17) is 0 Å². The molecule has 0 radical (unpaired) electrons. The van der Waals surface area contributed by atoms with Crippen LogP contribution in [-0.4, -0.2) is 30.0 Å². The van der Waals surface area contributed by atoms with Crippen LogP contribution in [0.5, 0.6) is 0 Å². The SMILES string of the molecule is Cl.O=C(NC1CCNC1)c1cc2ccccc2[nH]c1=O. The minimum absolute atomic E-state index is 0. The summed E-state index contributed by atoms with van der Waals surface area (Å²) in [6.07, 6.45) is 0.900. The summed E-state index contributed by atoms with van der Waals surface area (Å²) in [5.41, 5.74) is 0.569. The van der Waals surface area contributed by atoms with Gasteiger partial charge in [0.25, 0.3) is 11.5 Å². The summed E-state index contributed by atoms with van der Waals surface area (Å²) in [5.74, 6) is -0.305. The predicted octanol–water partition coefficient (Wildman–Crippen LogP) is 1.04. The van der Waals surface area contributed by atoms with Crippen molar-refractivity contribution in [3.63, 3.8) is 0 Å². The lowest BCUT2D eigenvalue weighted by molar-refractivity contribution is 0.0938. The van der Waals surface area contributed by atoms with Crippen LogP contribution in [0.1, 0.15) is 16.8 Å². The molecule has 106 valence electrons. The predicted molar refractivity (Wildman–Crippen MR) is 80.6 cm³/mol. The number of aromatic amines is 1. The molecule has 5 nitrogen and oxygen atoms in total. The second-order valence-corrected chi connectivity index (χ2v) is 4.76. The maximum atomic E-state index is 12.1. The molecule has 2 aromatic rings. The fourth-order valence-corrected chi connectivity index (χ4v) is 2.36. The minimum atomic E-state index is -0.345. The molecule has 1 amide bonds. The zero-order chi connectivity index (χ0) is 13.2. The number of fused-ring (bicyclic) bond motifs is 1. The molecule has 1 fully saturated rings. The number of rotatable bonds is 2. The number of aromatic nitrogens is 1. The molecule has 1 unspecified atom stereocenters. The number of hydrogen-bond acceptors (Lipinski definition) is 3. The summed E-state index contributed by atoms with van der Waals surface area (Å²) in [6, 6.07) is 9.17. The average Bonchev–Trinajstić information content (AvgIpc) is 2.90. The Bertz CT molecular complexity index is 677. The van der Waals surface area contributed by atoms with E-state index in [-0.39, 0.29) is 35.5 Å². The molecule has 0 saturated carbocycles. The molecule has 1 atom stereocenters. The van der Waals surface area contributed by atoms with Crippen molar-refractivity contribution in [2.75, 3.05) is 13.1 Å². The van der Waals surface area contributed by atoms with Gasteiger partial charge in [0.15, 0.2) is 0 Å². The highest BCUT2D eigenvalue weighted by Crippen LogP contribution is 2.10. The second-order valence-electron chi connectivity index (χ2n) is 4.76. The Kier molecular flexibility index (Phi) is 4.42. The Morgan fingerprint density at radius 2 is 2.10 bits per heavy atom. The molecule has 2 heterocycles. The van der Waals surface area contributed by atoms with E-state index in [0.717, 1.165) is 30.4 Å². The monoisotopic (exact) mass is 293 g/mol. The normalized spacial score (nSPS) is 17.7. The Balaban J connectivity index is 0.00000147. The molecule has 1 aliphatic rings. The lowest BCUT2D eigenvalue weighted by atomic mass is 10.1. The standard InChI is InChI=1S/C14H15N3O2.ClH/c18-13(16-10-5-6-15-8-10)11-7-9-3-1-2-4-12(9)17-14(11)19;/h1-4,7,10,15H,5-6,8H2,(H,16,18)(H,17,19);1H. The van der Waals surface area contributed by atoms with Crippen LogP contribution in [0.4, 0.5) is 0 Å². The molecule has 6 heteroatoms. The van der Waals surface area contributed by atoms with E-state index < -0.39 is 0 Å². The first kappa shape index (κ1) is 14.6. The third kappa shape index (κ3) is 2.84. The first-order valence-corrected chi connectivity index (χ1v) is 6.38. The Hall–Kier alpha value is -1.85. The van der Waals surface area contributed by atoms with Crippen LogP contribution in [0, 0.1) is 0 Å². The van der Waals surface area contributed by atoms with Gasteiger partial charge in [0.2, 0.25) is 0 Å². The van der Waals surface area contributed by atoms with E-state index in [1.165, 1.54) is 0 Å². The van der Waals surface area contributed by atoms with E-state index in [0.29, 0.717) is 0 Å². The van der Waals surface area contributed by atoms with Crippen molar-refractivity contribution >= 4 is 29.2 Å². The number of nitrogens with one attached hydrogen (secondary N) is 3.